The first-order valence-electron chi connectivity index (χ1n) is 22.9. The van der Waals surface area contributed by atoms with Crippen molar-refractivity contribution >= 4 is 47.1 Å². The third kappa shape index (κ3) is 12.8. The lowest BCUT2D eigenvalue weighted by Crippen LogP contribution is -2.51. The topological polar surface area (TPSA) is 210 Å². The van der Waals surface area contributed by atoms with Gasteiger partial charge in [-0.05, 0) is 99.0 Å². The summed E-state index contributed by atoms with van der Waals surface area (Å²) < 4.78 is 5.89. The summed E-state index contributed by atoms with van der Waals surface area (Å²) in [6, 6.07) is 28.0. The highest BCUT2D eigenvalue weighted by Crippen LogP contribution is 2.27. The summed E-state index contributed by atoms with van der Waals surface area (Å²) in [5, 5.41) is 17.8. The highest BCUT2D eigenvalue weighted by atomic mass is 16.5. The molecule has 17 heteroatoms. The predicted molar refractivity (Wildman–Crippen MR) is 257 cm³/mol. The van der Waals surface area contributed by atoms with Gasteiger partial charge in [0.1, 0.15) is 22.9 Å². The molecule has 0 radical (unpaired) electrons. The number of ether oxygens (including phenoxy) is 1. The SMILES string of the molecule is CN(CCC(=O)N1CCC([C@@H]2CCN/C(=C(/C(=N)c3ccc(Oc4ccccc4)cc3)C(N)=O)N2)CC1)Cc1ccc(N2CCN(C(=O)c3cccc(N(C)CCC(=O)NC=O)c3)CC2)cn1. The van der Waals surface area contributed by atoms with Crippen molar-refractivity contribution in [3.63, 3.8) is 0 Å². The number of likely N-dealkylation sites (tertiary alicyclic amines) is 1. The Morgan fingerprint density at radius 3 is 2.25 bits per heavy atom. The van der Waals surface area contributed by atoms with Crippen molar-refractivity contribution in [3.8, 4) is 11.5 Å². The van der Waals surface area contributed by atoms with Gasteiger partial charge in [0.15, 0.2) is 0 Å². The summed E-state index contributed by atoms with van der Waals surface area (Å²) >= 11 is 0. The van der Waals surface area contributed by atoms with E-state index in [4.69, 9.17) is 20.9 Å². The number of nitrogens with zero attached hydrogens (tertiary/aromatic N) is 6. The smallest absolute Gasteiger partial charge is 0.254 e. The van der Waals surface area contributed by atoms with Crippen LogP contribution in [-0.4, -0.2) is 134 Å². The number of primary amides is 1. The molecule has 3 aromatic carbocycles. The monoisotopic (exact) mass is 911 g/mol. The van der Waals surface area contributed by atoms with Gasteiger partial charge in [0.2, 0.25) is 18.2 Å². The fraction of sp³-hybridized carbons (Fsp3) is 0.380. The molecule has 6 N–H and O–H groups in total. The number of carbonyl (C=O) groups is 5. The standard InChI is InChI=1S/C50H61N11O6/c1-57(33-38-13-14-40(32-54-38)59-27-29-61(30-28-59)50(66)37-7-6-8-39(31-37)58(2)24-20-44(63)55-34-62)23-21-45(64)60-25-18-35(19-26-60)43-17-22-53-49(56-43)46(48(52)65)47(51)36-11-15-42(16-12-36)67-41-9-4-3-5-10-41/h3-16,31-32,34-35,43,51,53,56H,17-30,33H2,1-2H3,(H2,52,65)(H,55,62,63)/b49-46+,51-47?/t43-/m0/s1. The van der Waals surface area contributed by atoms with Crippen LogP contribution < -0.4 is 36.2 Å². The number of carbonyl (C=O) groups excluding carboxylic acids is 5. The number of amides is 5. The first-order valence-corrected chi connectivity index (χ1v) is 22.9. The minimum atomic E-state index is -0.686. The van der Waals surface area contributed by atoms with E-state index in [1.807, 2.05) is 89.6 Å². The van der Waals surface area contributed by atoms with Crippen LogP contribution in [0.5, 0.6) is 11.5 Å². The zero-order chi connectivity index (χ0) is 47.3. The summed E-state index contributed by atoms with van der Waals surface area (Å²) in [6.07, 6.45) is 5.34. The van der Waals surface area contributed by atoms with Crippen LogP contribution in [0.4, 0.5) is 11.4 Å². The molecule has 4 heterocycles. The molecule has 0 saturated carbocycles. The lowest BCUT2D eigenvalue weighted by molar-refractivity contribution is -0.133. The number of pyridine rings is 1. The Bertz CT molecular complexity index is 2400. The third-order valence-electron chi connectivity index (χ3n) is 12.7. The maximum absolute atomic E-state index is 13.4. The third-order valence-corrected chi connectivity index (χ3v) is 12.7. The van der Waals surface area contributed by atoms with Crippen LogP contribution in [0.3, 0.4) is 0 Å². The molecule has 67 heavy (non-hydrogen) atoms. The number of benzene rings is 3. The van der Waals surface area contributed by atoms with E-state index < -0.39 is 5.91 Å². The van der Waals surface area contributed by atoms with E-state index in [0.717, 1.165) is 36.3 Å². The van der Waals surface area contributed by atoms with Gasteiger partial charge in [0, 0.05) is 108 Å². The molecule has 3 saturated heterocycles. The van der Waals surface area contributed by atoms with Gasteiger partial charge in [-0.2, -0.15) is 0 Å². The molecule has 1 atom stereocenters. The Labute approximate surface area is 391 Å². The summed E-state index contributed by atoms with van der Waals surface area (Å²) in [5.74, 6) is 1.14. The molecule has 3 fully saturated rings. The lowest BCUT2D eigenvalue weighted by Gasteiger charge is -2.40. The van der Waals surface area contributed by atoms with Crippen molar-refractivity contribution in [2.75, 3.05) is 82.8 Å². The molecule has 4 aromatic rings. The van der Waals surface area contributed by atoms with E-state index in [2.05, 4.69) is 31.8 Å². The highest BCUT2D eigenvalue weighted by molar-refractivity contribution is 6.26. The molecule has 3 aliphatic heterocycles. The maximum Gasteiger partial charge on any atom is 0.254 e. The molecule has 5 amide bonds. The fourth-order valence-corrected chi connectivity index (χ4v) is 8.82. The average Bonchev–Trinajstić information content (AvgIpc) is 3.35. The number of piperidine rings is 1. The predicted octanol–water partition coefficient (Wildman–Crippen LogP) is 3.71. The summed E-state index contributed by atoms with van der Waals surface area (Å²) in [5.41, 5.74) is 9.86. The molecule has 3 aliphatic rings. The van der Waals surface area contributed by atoms with Crippen LogP contribution in [0.2, 0.25) is 0 Å². The van der Waals surface area contributed by atoms with Crippen molar-refractivity contribution in [2.45, 2.75) is 44.7 Å². The largest absolute Gasteiger partial charge is 0.457 e. The summed E-state index contributed by atoms with van der Waals surface area (Å²) in [6.45, 7) is 6.07. The van der Waals surface area contributed by atoms with Crippen molar-refractivity contribution < 1.29 is 28.7 Å². The highest BCUT2D eigenvalue weighted by Gasteiger charge is 2.32. The maximum atomic E-state index is 13.4. The van der Waals surface area contributed by atoms with Crippen molar-refractivity contribution in [1.82, 2.24) is 35.6 Å². The molecule has 352 valence electrons. The first kappa shape index (κ1) is 47.7. The lowest BCUT2D eigenvalue weighted by atomic mass is 9.86. The van der Waals surface area contributed by atoms with Crippen molar-refractivity contribution in [1.29, 1.82) is 5.41 Å². The minimum Gasteiger partial charge on any atom is -0.457 e. The number of anilines is 2. The van der Waals surface area contributed by atoms with E-state index in [-0.39, 0.29) is 41.5 Å². The number of para-hydroxylation sites is 1. The van der Waals surface area contributed by atoms with Gasteiger partial charge in [-0.15, -0.1) is 0 Å². The Hall–Kier alpha value is -7.27. The van der Waals surface area contributed by atoms with Gasteiger partial charge in [-0.1, -0.05) is 24.3 Å². The number of aromatic nitrogens is 1. The van der Waals surface area contributed by atoms with Crippen LogP contribution in [0.15, 0.2) is 109 Å². The molecule has 7 rings (SSSR count). The second kappa shape index (κ2) is 22.8. The normalized spacial score (nSPS) is 17.2. The second-order valence-electron chi connectivity index (χ2n) is 17.3. The van der Waals surface area contributed by atoms with Crippen LogP contribution in [0, 0.1) is 11.3 Å². The minimum absolute atomic E-state index is 0.0265. The average molecular weight is 912 g/mol. The van der Waals surface area contributed by atoms with Crippen molar-refractivity contribution in [2.24, 2.45) is 11.7 Å². The summed E-state index contributed by atoms with van der Waals surface area (Å²) in [4.78, 5) is 76.5. The Balaban J connectivity index is 0.821. The van der Waals surface area contributed by atoms with Gasteiger partial charge in [0.25, 0.3) is 11.8 Å². The van der Waals surface area contributed by atoms with Crippen LogP contribution in [0.1, 0.15) is 53.7 Å². The molecule has 0 spiro atoms. The van der Waals surface area contributed by atoms with Gasteiger partial charge >= 0.3 is 0 Å². The quantitative estimate of drug-likeness (QED) is 0.0550. The van der Waals surface area contributed by atoms with E-state index >= 15 is 0 Å². The number of hydrogen-bond acceptors (Lipinski definition) is 13. The molecule has 0 bridgehead atoms. The van der Waals surface area contributed by atoms with Crippen LogP contribution >= 0.6 is 0 Å². The zero-order valence-electron chi connectivity index (χ0n) is 38.3. The Kier molecular flexibility index (Phi) is 16.2. The first-order chi connectivity index (χ1) is 32.4. The number of rotatable bonds is 18. The van der Waals surface area contributed by atoms with E-state index in [1.165, 1.54) is 0 Å². The van der Waals surface area contributed by atoms with E-state index in [0.29, 0.717) is 113 Å². The van der Waals surface area contributed by atoms with Crippen LogP contribution in [0.25, 0.3) is 0 Å². The van der Waals surface area contributed by atoms with Gasteiger partial charge in [-0.3, -0.25) is 39.7 Å². The van der Waals surface area contributed by atoms with E-state index in [9.17, 15) is 24.0 Å². The molecule has 0 unspecified atom stereocenters. The number of piperazine rings is 1. The van der Waals surface area contributed by atoms with E-state index in [1.54, 1.807) is 30.3 Å². The number of imide groups is 1. The molecule has 1 aromatic heterocycles. The number of nitrogens with one attached hydrogen (secondary N) is 4. The Morgan fingerprint density at radius 1 is 0.836 bits per heavy atom. The van der Waals surface area contributed by atoms with Crippen molar-refractivity contribution in [3.05, 3.63) is 125 Å². The zero-order valence-corrected chi connectivity index (χ0v) is 38.3. The molecular weight excluding hydrogens is 851 g/mol. The van der Waals surface area contributed by atoms with Gasteiger partial charge < -0.3 is 45.6 Å². The van der Waals surface area contributed by atoms with Crippen LogP contribution in [-0.2, 0) is 25.7 Å². The number of hydrogen-bond donors (Lipinski definition) is 5. The fourth-order valence-electron chi connectivity index (χ4n) is 8.82. The molecule has 17 nitrogen and oxygen atoms in total. The van der Waals surface area contributed by atoms with Gasteiger partial charge in [-0.25, -0.2) is 0 Å². The Morgan fingerprint density at radius 2 is 1.57 bits per heavy atom. The molecular formula is C50H61N11O6. The van der Waals surface area contributed by atoms with Gasteiger partial charge in [0.05, 0.1) is 23.3 Å². The number of nitrogens with two attached hydrogens (primary N) is 1. The summed E-state index contributed by atoms with van der Waals surface area (Å²) in [7, 11) is 3.84. The second-order valence-corrected chi connectivity index (χ2v) is 17.3. The molecule has 0 aliphatic carbocycles.